The molecular formula is C20H13BrF5N3O3. The van der Waals surface area contributed by atoms with Gasteiger partial charge in [-0.15, -0.1) is 0 Å². The molecule has 0 bridgehead atoms. The van der Waals surface area contributed by atoms with Crippen molar-refractivity contribution in [3.8, 4) is 0 Å². The number of carbonyl (C=O) groups excluding carboxylic acids is 1. The van der Waals surface area contributed by atoms with Crippen LogP contribution in [0, 0.1) is 11.6 Å². The number of ether oxygens (including phenoxy) is 1. The minimum atomic E-state index is -4.70. The van der Waals surface area contributed by atoms with Crippen molar-refractivity contribution in [3.63, 3.8) is 0 Å². The number of rotatable bonds is 2. The van der Waals surface area contributed by atoms with E-state index in [1.807, 2.05) is 0 Å². The molecule has 2 aromatic heterocycles. The molecule has 1 aromatic carbocycles. The summed E-state index contributed by atoms with van der Waals surface area (Å²) in [6.07, 6.45) is -3.90. The molecule has 0 spiro atoms. The number of likely N-dealkylation sites (N-methyl/N-ethyl adjacent to an activating group) is 1. The van der Waals surface area contributed by atoms with Crippen LogP contribution < -0.4 is 5.56 Å². The highest BCUT2D eigenvalue weighted by Crippen LogP contribution is 2.36. The van der Waals surface area contributed by atoms with Crippen LogP contribution in [0.25, 0.3) is 10.8 Å². The summed E-state index contributed by atoms with van der Waals surface area (Å²) in [7, 11) is 1.38. The second-order valence-corrected chi connectivity index (χ2v) is 8.01. The standard InChI is InChI=1S/C20H13BrF5N3O3/c1-29(19(31)8-2-11(21)17(27-5-8)20(24,25)26)15-7-32-6-14-16(15)9-3-12(22)13(23)4-10(9)18(30)28-14/h2-5,15H,6-7H2,1H3,(H,28,30)/t15-/m0/s1. The molecule has 0 unspecified atom stereocenters. The van der Waals surface area contributed by atoms with Crippen molar-refractivity contribution in [1.29, 1.82) is 0 Å². The molecule has 0 fully saturated rings. The molecule has 1 aliphatic rings. The number of amides is 1. The van der Waals surface area contributed by atoms with Crippen LogP contribution in [0.3, 0.4) is 0 Å². The van der Waals surface area contributed by atoms with Gasteiger partial charge in [-0.25, -0.2) is 13.8 Å². The van der Waals surface area contributed by atoms with Crippen molar-refractivity contribution in [3.05, 3.63) is 73.4 Å². The second kappa shape index (κ2) is 7.93. The average molecular weight is 518 g/mol. The van der Waals surface area contributed by atoms with Gasteiger partial charge in [0, 0.05) is 29.0 Å². The molecule has 168 valence electrons. The monoisotopic (exact) mass is 517 g/mol. The number of aromatic amines is 1. The highest BCUT2D eigenvalue weighted by Gasteiger charge is 2.36. The normalized spacial score (nSPS) is 16.2. The van der Waals surface area contributed by atoms with Crippen LogP contribution >= 0.6 is 15.9 Å². The fraction of sp³-hybridized carbons (Fsp3) is 0.250. The zero-order chi connectivity index (χ0) is 23.4. The van der Waals surface area contributed by atoms with Gasteiger partial charge in [-0.05, 0) is 39.5 Å². The summed E-state index contributed by atoms with van der Waals surface area (Å²) in [5.41, 5.74) is -1.31. The van der Waals surface area contributed by atoms with Gasteiger partial charge in [0.15, 0.2) is 17.3 Å². The van der Waals surface area contributed by atoms with Crippen LogP contribution in [0.2, 0.25) is 0 Å². The molecule has 1 N–H and O–H groups in total. The Hall–Kier alpha value is -2.86. The first-order valence-electron chi connectivity index (χ1n) is 9.10. The number of benzene rings is 1. The van der Waals surface area contributed by atoms with Crippen molar-refractivity contribution in [1.82, 2.24) is 14.9 Å². The molecule has 0 aliphatic carbocycles. The van der Waals surface area contributed by atoms with E-state index in [4.69, 9.17) is 4.74 Å². The van der Waals surface area contributed by atoms with Gasteiger partial charge in [0.05, 0.1) is 30.2 Å². The van der Waals surface area contributed by atoms with Crippen LogP contribution in [0.15, 0.2) is 33.7 Å². The largest absolute Gasteiger partial charge is 0.434 e. The number of alkyl halides is 3. The van der Waals surface area contributed by atoms with Crippen LogP contribution in [0.5, 0.6) is 0 Å². The van der Waals surface area contributed by atoms with Crippen molar-refractivity contribution in [2.24, 2.45) is 0 Å². The van der Waals surface area contributed by atoms with E-state index < -0.39 is 45.5 Å². The smallest absolute Gasteiger partial charge is 0.373 e. The van der Waals surface area contributed by atoms with E-state index in [-0.39, 0.29) is 35.2 Å². The first kappa shape index (κ1) is 22.3. The zero-order valence-electron chi connectivity index (χ0n) is 16.2. The maximum Gasteiger partial charge on any atom is 0.434 e. The van der Waals surface area contributed by atoms with Gasteiger partial charge >= 0.3 is 6.18 Å². The Morgan fingerprint density at radius 2 is 1.88 bits per heavy atom. The average Bonchev–Trinajstić information content (AvgIpc) is 2.72. The Kier molecular flexibility index (Phi) is 5.53. The molecule has 1 amide bonds. The highest BCUT2D eigenvalue weighted by atomic mass is 79.9. The summed E-state index contributed by atoms with van der Waals surface area (Å²) in [5, 5.41) is 0.0108. The number of nitrogens with one attached hydrogen (secondary N) is 1. The lowest BCUT2D eigenvalue weighted by molar-refractivity contribution is -0.141. The third kappa shape index (κ3) is 3.77. The van der Waals surface area contributed by atoms with E-state index in [2.05, 4.69) is 25.9 Å². The Labute approximate surface area is 185 Å². The first-order chi connectivity index (χ1) is 15.0. The molecule has 32 heavy (non-hydrogen) atoms. The van der Waals surface area contributed by atoms with E-state index >= 15 is 0 Å². The Morgan fingerprint density at radius 1 is 1.22 bits per heavy atom. The first-order valence-corrected chi connectivity index (χ1v) is 9.89. The molecule has 12 heteroatoms. The number of nitrogens with zero attached hydrogens (tertiary/aromatic N) is 2. The predicted molar refractivity (Wildman–Crippen MR) is 106 cm³/mol. The van der Waals surface area contributed by atoms with Gasteiger partial charge < -0.3 is 14.6 Å². The minimum Gasteiger partial charge on any atom is -0.373 e. The molecule has 1 aliphatic heterocycles. The van der Waals surface area contributed by atoms with E-state index in [1.54, 1.807) is 0 Å². The van der Waals surface area contributed by atoms with Gasteiger partial charge in [0.25, 0.3) is 11.5 Å². The lowest BCUT2D eigenvalue weighted by Crippen LogP contribution is -2.37. The number of halogens is 6. The topological polar surface area (TPSA) is 75.3 Å². The van der Waals surface area contributed by atoms with Gasteiger partial charge in [0.1, 0.15) is 0 Å². The fourth-order valence-electron chi connectivity index (χ4n) is 3.66. The molecule has 1 atom stereocenters. The molecule has 3 aromatic rings. The Morgan fingerprint density at radius 3 is 2.50 bits per heavy atom. The Balaban J connectivity index is 1.79. The summed E-state index contributed by atoms with van der Waals surface area (Å²) in [5.74, 6) is -3.05. The van der Waals surface area contributed by atoms with Crippen molar-refractivity contribution >= 4 is 32.6 Å². The summed E-state index contributed by atoms with van der Waals surface area (Å²) in [4.78, 5) is 32.4. The summed E-state index contributed by atoms with van der Waals surface area (Å²) < 4.78 is 71.6. The van der Waals surface area contributed by atoms with Crippen LogP contribution in [-0.2, 0) is 17.5 Å². The third-order valence-corrected chi connectivity index (χ3v) is 5.79. The fourth-order valence-corrected chi connectivity index (χ4v) is 4.23. The van der Waals surface area contributed by atoms with Crippen molar-refractivity contribution in [2.75, 3.05) is 13.7 Å². The van der Waals surface area contributed by atoms with Crippen LogP contribution in [0.1, 0.15) is 33.4 Å². The van der Waals surface area contributed by atoms with Crippen LogP contribution in [0.4, 0.5) is 22.0 Å². The second-order valence-electron chi connectivity index (χ2n) is 7.16. The lowest BCUT2D eigenvalue weighted by atomic mass is 9.95. The van der Waals surface area contributed by atoms with E-state index in [9.17, 15) is 31.5 Å². The maximum absolute atomic E-state index is 14.0. The number of carbonyl (C=O) groups is 1. The summed E-state index contributed by atoms with van der Waals surface area (Å²) in [6.45, 7) is -0.0595. The van der Waals surface area contributed by atoms with Gasteiger partial charge in [0.2, 0.25) is 0 Å². The third-order valence-electron chi connectivity index (χ3n) is 5.18. The van der Waals surface area contributed by atoms with Crippen LogP contribution in [-0.4, -0.2) is 34.4 Å². The molecule has 0 saturated heterocycles. The number of aromatic nitrogens is 2. The highest BCUT2D eigenvalue weighted by molar-refractivity contribution is 9.10. The number of pyridine rings is 2. The summed E-state index contributed by atoms with van der Waals surface area (Å²) >= 11 is 2.78. The molecule has 0 saturated carbocycles. The summed E-state index contributed by atoms with van der Waals surface area (Å²) in [6, 6.07) is 1.82. The van der Waals surface area contributed by atoms with E-state index in [0.29, 0.717) is 5.56 Å². The minimum absolute atomic E-state index is 0.0224. The zero-order valence-corrected chi connectivity index (χ0v) is 17.8. The molecule has 0 radical (unpaired) electrons. The molecule has 3 heterocycles. The van der Waals surface area contributed by atoms with Crippen molar-refractivity contribution < 1.29 is 31.5 Å². The number of H-pyrrole nitrogens is 1. The molecule has 6 nitrogen and oxygen atoms in total. The van der Waals surface area contributed by atoms with E-state index in [1.165, 1.54) is 11.9 Å². The molecule has 4 rings (SSSR count). The number of fused-ring (bicyclic) bond motifs is 3. The number of hydrogen-bond donors (Lipinski definition) is 1. The van der Waals surface area contributed by atoms with Gasteiger partial charge in [-0.2, -0.15) is 13.2 Å². The lowest BCUT2D eigenvalue weighted by Gasteiger charge is -2.34. The van der Waals surface area contributed by atoms with Crippen molar-refractivity contribution in [2.45, 2.75) is 18.8 Å². The number of hydrogen-bond acceptors (Lipinski definition) is 4. The predicted octanol–water partition coefficient (Wildman–Crippen LogP) is 4.33. The van der Waals surface area contributed by atoms with Gasteiger partial charge in [-0.3, -0.25) is 9.59 Å². The molecular weight excluding hydrogens is 505 g/mol. The maximum atomic E-state index is 14.0. The van der Waals surface area contributed by atoms with Gasteiger partial charge in [-0.1, -0.05) is 0 Å². The quantitative estimate of drug-likeness (QED) is 0.513. The Bertz CT molecular complexity index is 1310. The SMILES string of the molecule is CN(C(=O)c1cnc(C(F)(F)F)c(Br)c1)[C@H]1COCc2[nH]c(=O)c3cc(F)c(F)cc3c21. The van der Waals surface area contributed by atoms with E-state index in [0.717, 1.165) is 24.4 Å².